The largest absolute Gasteiger partial charge is 0.481 e. The van der Waals surface area contributed by atoms with Gasteiger partial charge in [-0.15, -0.1) is 0 Å². The third-order valence-electron chi connectivity index (χ3n) is 1.58. The molecule has 0 aromatic rings. The SMILES string of the molecule is CC(C)C[C@H](CC(F)(F)F)C(=O)O. The van der Waals surface area contributed by atoms with Gasteiger partial charge in [0.15, 0.2) is 0 Å². The molecule has 0 fully saturated rings. The van der Waals surface area contributed by atoms with Gasteiger partial charge in [0.05, 0.1) is 12.3 Å². The van der Waals surface area contributed by atoms with Gasteiger partial charge in [0.25, 0.3) is 0 Å². The molecule has 0 saturated heterocycles. The monoisotopic (exact) mass is 198 g/mol. The predicted molar refractivity (Wildman–Crippen MR) is 41.3 cm³/mol. The van der Waals surface area contributed by atoms with Crippen LogP contribution < -0.4 is 0 Å². The maximum Gasteiger partial charge on any atom is 0.389 e. The van der Waals surface area contributed by atoms with Crippen molar-refractivity contribution in [1.82, 2.24) is 0 Å². The van der Waals surface area contributed by atoms with Crippen LogP contribution in [-0.2, 0) is 4.79 Å². The quantitative estimate of drug-likeness (QED) is 0.754. The molecule has 0 rings (SSSR count). The van der Waals surface area contributed by atoms with E-state index in [1.54, 1.807) is 13.8 Å². The Kier molecular flexibility index (Phi) is 4.23. The molecule has 0 aromatic heterocycles. The number of carbonyl (C=O) groups is 1. The molecule has 0 aliphatic heterocycles. The Balaban J connectivity index is 4.19. The van der Waals surface area contributed by atoms with Gasteiger partial charge in [-0.25, -0.2) is 0 Å². The lowest BCUT2D eigenvalue weighted by Crippen LogP contribution is -2.23. The molecule has 0 unspecified atom stereocenters. The molecule has 13 heavy (non-hydrogen) atoms. The summed E-state index contributed by atoms with van der Waals surface area (Å²) in [6, 6.07) is 0. The number of rotatable bonds is 4. The van der Waals surface area contributed by atoms with Crippen LogP contribution in [-0.4, -0.2) is 17.3 Å². The lowest BCUT2D eigenvalue weighted by Gasteiger charge is -2.16. The lowest BCUT2D eigenvalue weighted by atomic mass is 9.94. The first kappa shape index (κ1) is 12.3. The minimum atomic E-state index is -4.39. The molecular formula is C8H13F3O2. The highest BCUT2D eigenvalue weighted by atomic mass is 19.4. The van der Waals surface area contributed by atoms with Gasteiger partial charge >= 0.3 is 12.1 Å². The van der Waals surface area contributed by atoms with Crippen molar-refractivity contribution in [3.05, 3.63) is 0 Å². The number of hydrogen-bond acceptors (Lipinski definition) is 1. The zero-order valence-corrected chi connectivity index (χ0v) is 7.56. The second kappa shape index (κ2) is 4.48. The average Bonchev–Trinajstić information content (AvgIpc) is 1.81. The molecule has 1 atom stereocenters. The number of halogens is 3. The van der Waals surface area contributed by atoms with Gasteiger partial charge in [-0.1, -0.05) is 13.8 Å². The second-order valence-electron chi connectivity index (χ2n) is 3.48. The molecule has 0 bridgehead atoms. The van der Waals surface area contributed by atoms with Crippen molar-refractivity contribution in [2.45, 2.75) is 32.9 Å². The molecule has 0 aliphatic carbocycles. The third-order valence-corrected chi connectivity index (χ3v) is 1.58. The van der Waals surface area contributed by atoms with E-state index in [4.69, 9.17) is 5.11 Å². The number of alkyl halides is 3. The number of carboxylic acid groups (broad SMARTS) is 1. The van der Waals surface area contributed by atoms with Crippen LogP contribution in [0.5, 0.6) is 0 Å². The maximum atomic E-state index is 11.9. The first-order valence-electron chi connectivity index (χ1n) is 4.02. The van der Waals surface area contributed by atoms with Crippen molar-refractivity contribution in [2.75, 3.05) is 0 Å². The molecule has 0 saturated carbocycles. The summed E-state index contributed by atoms with van der Waals surface area (Å²) in [5, 5.41) is 8.49. The van der Waals surface area contributed by atoms with Crippen LogP contribution in [0.2, 0.25) is 0 Å². The minimum Gasteiger partial charge on any atom is -0.481 e. The molecule has 78 valence electrons. The Bertz CT molecular complexity index is 175. The van der Waals surface area contributed by atoms with E-state index in [-0.39, 0.29) is 12.3 Å². The van der Waals surface area contributed by atoms with Crippen molar-refractivity contribution in [1.29, 1.82) is 0 Å². The van der Waals surface area contributed by atoms with Crippen molar-refractivity contribution >= 4 is 5.97 Å². The Morgan fingerprint density at radius 1 is 1.38 bits per heavy atom. The average molecular weight is 198 g/mol. The highest BCUT2D eigenvalue weighted by Crippen LogP contribution is 2.28. The molecular weight excluding hydrogens is 185 g/mol. The first-order chi connectivity index (χ1) is 5.72. The van der Waals surface area contributed by atoms with Crippen LogP contribution in [0.15, 0.2) is 0 Å². The molecule has 0 aliphatic rings. The standard InChI is InChI=1S/C8H13F3O2/c1-5(2)3-6(7(12)13)4-8(9,10)11/h5-6H,3-4H2,1-2H3,(H,12,13)/t6-/m1/s1. The number of aliphatic carboxylic acids is 1. The number of carboxylic acids is 1. The molecule has 0 radical (unpaired) electrons. The van der Waals surface area contributed by atoms with Gasteiger partial charge in [-0.05, 0) is 12.3 Å². The predicted octanol–water partition coefficient (Wildman–Crippen LogP) is 2.69. The third kappa shape index (κ3) is 6.42. The van der Waals surface area contributed by atoms with E-state index in [0.717, 1.165) is 0 Å². The van der Waals surface area contributed by atoms with Gasteiger partial charge in [0.1, 0.15) is 0 Å². The van der Waals surface area contributed by atoms with Crippen molar-refractivity contribution in [2.24, 2.45) is 11.8 Å². The topological polar surface area (TPSA) is 37.3 Å². The van der Waals surface area contributed by atoms with E-state index in [1.807, 2.05) is 0 Å². The van der Waals surface area contributed by atoms with E-state index in [2.05, 4.69) is 0 Å². The minimum absolute atomic E-state index is 0.0385. The zero-order valence-electron chi connectivity index (χ0n) is 7.56. The Morgan fingerprint density at radius 2 is 1.85 bits per heavy atom. The van der Waals surface area contributed by atoms with Gasteiger partial charge < -0.3 is 5.11 Å². The van der Waals surface area contributed by atoms with Crippen LogP contribution in [0.25, 0.3) is 0 Å². The molecule has 0 heterocycles. The van der Waals surface area contributed by atoms with E-state index in [1.165, 1.54) is 0 Å². The summed E-state index contributed by atoms with van der Waals surface area (Å²) in [7, 11) is 0. The molecule has 0 aromatic carbocycles. The summed E-state index contributed by atoms with van der Waals surface area (Å²) in [5.41, 5.74) is 0. The van der Waals surface area contributed by atoms with E-state index < -0.39 is 24.5 Å². The fraction of sp³-hybridized carbons (Fsp3) is 0.875. The van der Waals surface area contributed by atoms with Gasteiger partial charge in [-0.2, -0.15) is 13.2 Å². The summed E-state index contributed by atoms with van der Waals surface area (Å²) in [6.45, 7) is 3.40. The highest BCUT2D eigenvalue weighted by Gasteiger charge is 2.35. The molecule has 0 amide bonds. The van der Waals surface area contributed by atoms with E-state index in [9.17, 15) is 18.0 Å². The Labute approximate surface area is 74.7 Å². The number of hydrogen-bond donors (Lipinski definition) is 1. The van der Waals surface area contributed by atoms with Crippen LogP contribution in [0.3, 0.4) is 0 Å². The van der Waals surface area contributed by atoms with Crippen molar-refractivity contribution < 1.29 is 23.1 Å². The summed E-state index contributed by atoms with van der Waals surface area (Å²) < 4.78 is 35.6. The fourth-order valence-electron chi connectivity index (χ4n) is 1.12. The lowest BCUT2D eigenvalue weighted by molar-refractivity contribution is -0.164. The Hall–Kier alpha value is -0.740. The van der Waals surface area contributed by atoms with E-state index in [0.29, 0.717) is 0 Å². The normalized spacial score (nSPS) is 14.6. The molecule has 2 nitrogen and oxygen atoms in total. The van der Waals surface area contributed by atoms with Gasteiger partial charge in [-0.3, -0.25) is 4.79 Å². The first-order valence-corrected chi connectivity index (χ1v) is 4.02. The van der Waals surface area contributed by atoms with Crippen LogP contribution >= 0.6 is 0 Å². The summed E-state index contributed by atoms with van der Waals surface area (Å²) in [4.78, 5) is 10.4. The van der Waals surface area contributed by atoms with E-state index >= 15 is 0 Å². The van der Waals surface area contributed by atoms with Gasteiger partial charge in [0.2, 0.25) is 0 Å². The zero-order chi connectivity index (χ0) is 10.6. The van der Waals surface area contributed by atoms with Gasteiger partial charge in [0, 0.05) is 0 Å². The second-order valence-corrected chi connectivity index (χ2v) is 3.48. The summed E-state index contributed by atoms with van der Waals surface area (Å²) in [5.74, 6) is -2.71. The summed E-state index contributed by atoms with van der Waals surface area (Å²) >= 11 is 0. The molecule has 0 spiro atoms. The maximum absolute atomic E-state index is 11.9. The molecule has 5 heteroatoms. The molecule has 1 N–H and O–H groups in total. The Morgan fingerprint density at radius 3 is 2.08 bits per heavy atom. The van der Waals surface area contributed by atoms with Crippen molar-refractivity contribution in [3.63, 3.8) is 0 Å². The highest BCUT2D eigenvalue weighted by molar-refractivity contribution is 5.70. The fourth-order valence-corrected chi connectivity index (χ4v) is 1.12. The smallest absolute Gasteiger partial charge is 0.389 e. The summed E-state index contributed by atoms with van der Waals surface area (Å²) in [6.07, 6.45) is -5.56. The van der Waals surface area contributed by atoms with Crippen LogP contribution in [0.1, 0.15) is 26.7 Å². The van der Waals surface area contributed by atoms with Crippen LogP contribution in [0, 0.1) is 11.8 Å². The van der Waals surface area contributed by atoms with Crippen LogP contribution in [0.4, 0.5) is 13.2 Å². The van der Waals surface area contributed by atoms with Crippen molar-refractivity contribution in [3.8, 4) is 0 Å².